The molecule has 2 atom stereocenters. The number of hydrogen-bond acceptors (Lipinski definition) is 4. The average molecular weight is 293 g/mol. The smallest absolute Gasteiger partial charge is 0.208 e. The number of rotatable bonds is 3. The van der Waals surface area contributed by atoms with Gasteiger partial charge in [0, 0.05) is 6.42 Å². The van der Waals surface area contributed by atoms with Crippen LogP contribution in [0.3, 0.4) is 0 Å². The number of nitrogens with zero attached hydrogens (tertiary/aromatic N) is 2. The molecule has 0 radical (unpaired) electrons. The summed E-state index contributed by atoms with van der Waals surface area (Å²) in [6.45, 7) is 1.06. The van der Waals surface area contributed by atoms with Crippen LogP contribution >= 0.6 is 11.6 Å². The van der Waals surface area contributed by atoms with Gasteiger partial charge >= 0.3 is 0 Å². The summed E-state index contributed by atoms with van der Waals surface area (Å²) in [5, 5.41) is 4.81. The molecule has 0 amide bonds. The van der Waals surface area contributed by atoms with Gasteiger partial charge in [-0.1, -0.05) is 48.4 Å². The largest absolute Gasteiger partial charge is 0.296 e. The maximum Gasteiger partial charge on any atom is 0.208 e. The Bertz CT molecular complexity index is 456. The van der Waals surface area contributed by atoms with Gasteiger partial charge in [-0.25, -0.2) is 4.99 Å². The Kier molecular flexibility index (Phi) is 4.24. The summed E-state index contributed by atoms with van der Waals surface area (Å²) in [5.41, 5.74) is 4.51. The predicted molar refractivity (Wildman–Crippen MR) is 82.5 cm³/mol. The van der Waals surface area contributed by atoms with E-state index in [9.17, 15) is 0 Å². The second-order valence-electron chi connectivity index (χ2n) is 5.50. The van der Waals surface area contributed by atoms with Crippen molar-refractivity contribution in [2.24, 2.45) is 4.99 Å². The molecule has 0 spiro atoms. The molecule has 108 valence electrons. The van der Waals surface area contributed by atoms with Crippen molar-refractivity contribution < 1.29 is 0 Å². The lowest BCUT2D eigenvalue weighted by atomic mass is 10.1. The van der Waals surface area contributed by atoms with Crippen molar-refractivity contribution in [1.29, 1.82) is 0 Å². The van der Waals surface area contributed by atoms with Gasteiger partial charge in [0.05, 0.1) is 6.17 Å². The second-order valence-corrected chi connectivity index (χ2v) is 6.13. The summed E-state index contributed by atoms with van der Waals surface area (Å²) in [4.78, 5) is 4.47. The Labute approximate surface area is 125 Å². The van der Waals surface area contributed by atoms with E-state index in [1.807, 2.05) is 29.5 Å². The number of halogens is 1. The highest BCUT2D eigenvalue weighted by molar-refractivity contribution is 6.24. The maximum atomic E-state index is 6.58. The fraction of sp³-hybridized carbons (Fsp3) is 0.533. The van der Waals surface area contributed by atoms with Crippen LogP contribution in [0.2, 0.25) is 0 Å². The molecule has 0 saturated carbocycles. The molecule has 1 saturated heterocycles. The first kappa shape index (κ1) is 13.9. The zero-order valence-electron chi connectivity index (χ0n) is 11.6. The molecule has 0 aromatic heterocycles. The fourth-order valence-corrected chi connectivity index (χ4v) is 3.06. The highest BCUT2D eigenvalue weighted by Crippen LogP contribution is 2.25. The standard InChI is InChI=1S/C15H21ClN4/c16-15(11-13-7-3-1-4-8-13)18-12-20(19-15)14-9-5-2-6-10-17-14/h1,3-4,7-8,12,14,17,19H,2,5-6,9-11H2. The zero-order valence-corrected chi connectivity index (χ0v) is 12.3. The van der Waals surface area contributed by atoms with Gasteiger partial charge in [-0.2, -0.15) is 5.43 Å². The molecule has 2 aliphatic rings. The van der Waals surface area contributed by atoms with Crippen LogP contribution in [-0.4, -0.2) is 29.2 Å². The zero-order chi connectivity index (χ0) is 13.8. The molecule has 0 aliphatic carbocycles. The molecule has 2 unspecified atom stereocenters. The highest BCUT2D eigenvalue weighted by Gasteiger charge is 2.35. The van der Waals surface area contributed by atoms with Gasteiger partial charge in [0.25, 0.3) is 0 Å². The lowest BCUT2D eigenvalue weighted by molar-refractivity contribution is 0.179. The first-order valence-corrected chi connectivity index (χ1v) is 7.71. The van der Waals surface area contributed by atoms with E-state index in [1.165, 1.54) is 24.8 Å². The van der Waals surface area contributed by atoms with Crippen LogP contribution in [0.25, 0.3) is 0 Å². The van der Waals surface area contributed by atoms with Crippen molar-refractivity contribution in [3.05, 3.63) is 35.9 Å². The van der Waals surface area contributed by atoms with Crippen molar-refractivity contribution in [2.45, 2.75) is 43.4 Å². The molecule has 2 N–H and O–H groups in total. The van der Waals surface area contributed by atoms with Gasteiger partial charge in [0.2, 0.25) is 5.12 Å². The van der Waals surface area contributed by atoms with Gasteiger partial charge in [-0.15, -0.1) is 0 Å². The molecule has 0 bridgehead atoms. The molecule has 2 aliphatic heterocycles. The molecule has 3 rings (SSSR count). The van der Waals surface area contributed by atoms with Crippen molar-refractivity contribution in [1.82, 2.24) is 15.8 Å². The number of benzene rings is 1. The number of hydrogen-bond donors (Lipinski definition) is 2. The molecular weight excluding hydrogens is 272 g/mol. The second kappa shape index (κ2) is 6.12. The van der Waals surface area contributed by atoms with Crippen LogP contribution < -0.4 is 10.7 Å². The Morgan fingerprint density at radius 2 is 2.10 bits per heavy atom. The van der Waals surface area contributed by atoms with E-state index in [-0.39, 0.29) is 6.17 Å². The van der Waals surface area contributed by atoms with Crippen LogP contribution in [0.1, 0.15) is 31.2 Å². The molecule has 1 fully saturated rings. The molecule has 5 heteroatoms. The van der Waals surface area contributed by atoms with E-state index in [4.69, 9.17) is 11.6 Å². The lowest BCUT2D eigenvalue weighted by Gasteiger charge is -2.30. The minimum Gasteiger partial charge on any atom is -0.296 e. The molecular formula is C15H21ClN4. The van der Waals surface area contributed by atoms with Crippen molar-refractivity contribution in [2.75, 3.05) is 6.54 Å². The highest BCUT2D eigenvalue weighted by atomic mass is 35.5. The number of nitrogens with one attached hydrogen (secondary N) is 2. The van der Waals surface area contributed by atoms with Crippen molar-refractivity contribution >= 4 is 17.9 Å². The molecule has 2 heterocycles. The normalized spacial score (nSPS) is 30.4. The van der Waals surface area contributed by atoms with E-state index < -0.39 is 5.12 Å². The summed E-state index contributed by atoms with van der Waals surface area (Å²) >= 11 is 6.58. The minimum absolute atomic E-state index is 0.289. The minimum atomic E-state index is -0.755. The van der Waals surface area contributed by atoms with Crippen molar-refractivity contribution in [3.8, 4) is 0 Å². The summed E-state index contributed by atoms with van der Waals surface area (Å²) in [6, 6.07) is 10.2. The SMILES string of the molecule is ClC1(Cc2ccccc2)N=CN(C2CCCCCN2)N1. The lowest BCUT2D eigenvalue weighted by Crippen LogP contribution is -2.54. The van der Waals surface area contributed by atoms with Gasteiger partial charge in [0.1, 0.15) is 6.34 Å². The third kappa shape index (κ3) is 3.32. The first-order valence-electron chi connectivity index (χ1n) is 7.33. The monoisotopic (exact) mass is 292 g/mol. The Morgan fingerprint density at radius 1 is 1.25 bits per heavy atom. The fourth-order valence-electron chi connectivity index (χ4n) is 2.77. The Hall–Kier alpha value is -1.10. The van der Waals surface area contributed by atoms with Gasteiger partial charge in [-0.05, 0) is 31.4 Å². The maximum absolute atomic E-state index is 6.58. The summed E-state index contributed by atoms with van der Waals surface area (Å²) in [6.07, 6.45) is 7.71. The third-order valence-electron chi connectivity index (χ3n) is 3.84. The summed E-state index contributed by atoms with van der Waals surface area (Å²) in [7, 11) is 0. The molecule has 1 aromatic rings. The van der Waals surface area contributed by atoms with Crippen LogP contribution in [0.4, 0.5) is 0 Å². The Morgan fingerprint density at radius 3 is 2.95 bits per heavy atom. The predicted octanol–water partition coefficient (Wildman–Crippen LogP) is 2.46. The first-order chi connectivity index (χ1) is 9.75. The van der Waals surface area contributed by atoms with Gasteiger partial charge in [0.15, 0.2) is 0 Å². The van der Waals surface area contributed by atoms with Gasteiger partial charge < -0.3 is 0 Å². The van der Waals surface area contributed by atoms with E-state index in [1.54, 1.807) is 0 Å². The van der Waals surface area contributed by atoms with E-state index in [0.717, 1.165) is 13.0 Å². The number of hydrazine groups is 1. The average Bonchev–Trinajstić information content (AvgIpc) is 2.67. The Balaban J connectivity index is 1.62. The number of alkyl halides is 1. The van der Waals surface area contributed by atoms with Crippen LogP contribution in [0.5, 0.6) is 0 Å². The van der Waals surface area contributed by atoms with Crippen LogP contribution in [0, 0.1) is 0 Å². The topological polar surface area (TPSA) is 39.7 Å². The van der Waals surface area contributed by atoms with Crippen LogP contribution in [0.15, 0.2) is 35.3 Å². The van der Waals surface area contributed by atoms with E-state index in [0.29, 0.717) is 6.42 Å². The van der Waals surface area contributed by atoms with Gasteiger partial charge in [-0.3, -0.25) is 10.3 Å². The summed E-state index contributed by atoms with van der Waals surface area (Å²) < 4.78 is 0. The van der Waals surface area contributed by atoms with Crippen LogP contribution in [-0.2, 0) is 6.42 Å². The van der Waals surface area contributed by atoms with Crippen molar-refractivity contribution in [3.63, 3.8) is 0 Å². The number of aliphatic imine (C=N–C) groups is 1. The summed E-state index contributed by atoms with van der Waals surface area (Å²) in [5.74, 6) is 0. The van der Waals surface area contributed by atoms with E-state index >= 15 is 0 Å². The van der Waals surface area contributed by atoms with E-state index in [2.05, 4.69) is 27.9 Å². The molecule has 20 heavy (non-hydrogen) atoms. The third-order valence-corrected chi connectivity index (χ3v) is 4.15. The molecule has 1 aromatic carbocycles. The molecule has 4 nitrogen and oxygen atoms in total. The quantitative estimate of drug-likeness (QED) is 0.664.